The second-order valence-corrected chi connectivity index (χ2v) is 10.7. The van der Waals surface area contributed by atoms with Gasteiger partial charge in [-0.1, -0.05) is 79.5 Å². The molecule has 0 heterocycles. The first kappa shape index (κ1) is 26.7. The average Bonchev–Trinajstić information content (AvgIpc) is 2.64. The third-order valence-corrected chi connectivity index (χ3v) is 6.82. The van der Waals surface area contributed by atoms with Crippen molar-refractivity contribution in [2.75, 3.05) is 0 Å². The van der Waals surface area contributed by atoms with E-state index in [1.54, 1.807) is 11.1 Å². The molecule has 0 heteroatoms. The van der Waals surface area contributed by atoms with Gasteiger partial charge in [0, 0.05) is 0 Å². The van der Waals surface area contributed by atoms with Gasteiger partial charge in [-0.2, -0.15) is 0 Å². The Balaban J connectivity index is 2.29. The van der Waals surface area contributed by atoms with Crippen molar-refractivity contribution in [3.8, 4) is 0 Å². The minimum absolute atomic E-state index is 0.357. The highest BCUT2D eigenvalue weighted by Crippen LogP contribution is 2.42. The Hall–Kier alpha value is -1.30. The van der Waals surface area contributed by atoms with E-state index in [2.05, 4.69) is 91.8 Å². The summed E-state index contributed by atoms with van der Waals surface area (Å²) in [5, 5.41) is 0. The Morgan fingerprint density at radius 2 is 1.27 bits per heavy atom. The van der Waals surface area contributed by atoms with Gasteiger partial charge in [-0.05, 0) is 110 Å². The molecule has 170 valence electrons. The van der Waals surface area contributed by atoms with Crippen LogP contribution in [0, 0.1) is 17.3 Å². The summed E-state index contributed by atoms with van der Waals surface area (Å²) in [4.78, 5) is 0. The van der Waals surface area contributed by atoms with Crippen LogP contribution in [-0.2, 0) is 0 Å². The van der Waals surface area contributed by atoms with Gasteiger partial charge in [0.05, 0.1) is 0 Å². The second-order valence-electron chi connectivity index (χ2n) is 10.7. The Bertz CT molecular complexity index is 644. The highest BCUT2D eigenvalue weighted by molar-refractivity contribution is 5.08. The lowest BCUT2D eigenvalue weighted by molar-refractivity contribution is 0.173. The van der Waals surface area contributed by atoms with Crippen LogP contribution in [0.25, 0.3) is 0 Å². The van der Waals surface area contributed by atoms with Crippen LogP contribution in [0.5, 0.6) is 0 Å². The van der Waals surface area contributed by atoms with Crippen LogP contribution >= 0.6 is 0 Å². The Morgan fingerprint density at radius 1 is 0.767 bits per heavy atom. The van der Waals surface area contributed by atoms with Crippen LogP contribution in [0.3, 0.4) is 0 Å². The molecule has 2 atom stereocenters. The molecule has 0 saturated carbocycles. The minimum Gasteiger partial charge on any atom is -0.0877 e. The fourth-order valence-corrected chi connectivity index (χ4v) is 4.75. The first-order valence-electron chi connectivity index (χ1n) is 12.4. The molecule has 0 aromatic carbocycles. The summed E-state index contributed by atoms with van der Waals surface area (Å²) in [6.45, 7) is 18.5. The predicted molar refractivity (Wildman–Crippen MR) is 138 cm³/mol. The van der Waals surface area contributed by atoms with Crippen LogP contribution in [0.1, 0.15) is 113 Å². The maximum absolute atomic E-state index is 2.48. The Morgan fingerprint density at radius 3 is 1.80 bits per heavy atom. The number of hydrogen-bond donors (Lipinski definition) is 0. The van der Waals surface area contributed by atoms with E-state index in [1.165, 1.54) is 68.9 Å². The van der Waals surface area contributed by atoms with Crippen molar-refractivity contribution >= 4 is 0 Å². The molecule has 0 aliphatic heterocycles. The third kappa shape index (κ3) is 11.2. The van der Waals surface area contributed by atoms with Gasteiger partial charge in [0.15, 0.2) is 0 Å². The van der Waals surface area contributed by atoms with Gasteiger partial charge in [0.1, 0.15) is 0 Å². The van der Waals surface area contributed by atoms with Crippen molar-refractivity contribution in [1.29, 1.82) is 0 Å². The van der Waals surface area contributed by atoms with Crippen LogP contribution in [0.15, 0.2) is 58.7 Å². The fourth-order valence-electron chi connectivity index (χ4n) is 4.75. The SMILES string of the molecule is CC(C)=CCCC(C)=CCCC(C)=CCCC=C(C)CCC1C(C)CC=CC1(C)C. The maximum Gasteiger partial charge on any atom is -0.0144 e. The van der Waals surface area contributed by atoms with E-state index in [0.717, 1.165) is 11.8 Å². The van der Waals surface area contributed by atoms with Crippen molar-refractivity contribution in [3.05, 3.63) is 58.7 Å². The van der Waals surface area contributed by atoms with E-state index < -0.39 is 0 Å². The molecule has 2 unspecified atom stereocenters. The van der Waals surface area contributed by atoms with Crippen molar-refractivity contribution in [2.24, 2.45) is 17.3 Å². The number of unbranched alkanes of at least 4 members (excludes halogenated alkanes) is 1. The lowest BCUT2D eigenvalue weighted by Gasteiger charge is -2.39. The van der Waals surface area contributed by atoms with Gasteiger partial charge in [-0.15, -0.1) is 0 Å². The molecule has 0 radical (unpaired) electrons. The van der Waals surface area contributed by atoms with E-state index in [4.69, 9.17) is 0 Å². The van der Waals surface area contributed by atoms with E-state index in [1.807, 2.05) is 0 Å². The first-order chi connectivity index (χ1) is 14.1. The van der Waals surface area contributed by atoms with Crippen LogP contribution in [0.4, 0.5) is 0 Å². The molecule has 0 nitrogen and oxygen atoms in total. The largest absolute Gasteiger partial charge is 0.0877 e. The molecule has 0 N–H and O–H groups in total. The van der Waals surface area contributed by atoms with Crippen LogP contribution in [-0.4, -0.2) is 0 Å². The molecule has 0 spiro atoms. The van der Waals surface area contributed by atoms with Crippen molar-refractivity contribution in [3.63, 3.8) is 0 Å². The summed E-state index contributed by atoms with van der Waals surface area (Å²) >= 11 is 0. The van der Waals surface area contributed by atoms with Gasteiger partial charge >= 0.3 is 0 Å². The molecule has 0 aromatic rings. The Kier molecular flexibility index (Phi) is 12.4. The summed E-state index contributed by atoms with van der Waals surface area (Å²) in [6, 6.07) is 0. The van der Waals surface area contributed by atoms with Gasteiger partial charge in [-0.25, -0.2) is 0 Å². The fraction of sp³-hybridized carbons (Fsp3) is 0.667. The van der Waals surface area contributed by atoms with Crippen LogP contribution < -0.4 is 0 Å². The zero-order valence-corrected chi connectivity index (χ0v) is 21.5. The topological polar surface area (TPSA) is 0 Å². The molecular weight excluding hydrogens is 360 g/mol. The predicted octanol–water partition coefficient (Wildman–Crippen LogP) is 10.2. The molecule has 0 amide bonds. The van der Waals surface area contributed by atoms with E-state index in [9.17, 15) is 0 Å². The maximum atomic E-state index is 2.48. The third-order valence-electron chi connectivity index (χ3n) is 6.82. The highest BCUT2D eigenvalue weighted by Gasteiger charge is 2.33. The van der Waals surface area contributed by atoms with E-state index in [-0.39, 0.29) is 0 Å². The molecule has 1 aliphatic rings. The number of rotatable bonds is 12. The van der Waals surface area contributed by atoms with Gasteiger partial charge < -0.3 is 0 Å². The highest BCUT2D eigenvalue weighted by atomic mass is 14.4. The molecule has 0 bridgehead atoms. The molecule has 0 fully saturated rings. The normalized spacial score (nSPS) is 22.3. The average molecular weight is 411 g/mol. The quantitative estimate of drug-likeness (QED) is 0.222. The van der Waals surface area contributed by atoms with E-state index in [0.29, 0.717) is 5.41 Å². The Labute approximate surface area is 189 Å². The molecule has 30 heavy (non-hydrogen) atoms. The molecule has 1 aliphatic carbocycles. The summed E-state index contributed by atoms with van der Waals surface area (Å²) in [5.74, 6) is 1.62. The standard InChI is InChI=1S/C30H50/c1-24(2)14-11-17-26(4)19-12-18-25(3)15-9-10-16-27(5)21-22-29-28(6)20-13-23-30(29,7)8/h13-16,19,23,28-29H,9-12,17-18,20-22H2,1-8H3. The minimum atomic E-state index is 0.357. The molecule has 1 rings (SSSR count). The number of hydrogen-bond acceptors (Lipinski definition) is 0. The van der Waals surface area contributed by atoms with Gasteiger partial charge in [0.25, 0.3) is 0 Å². The first-order valence-corrected chi connectivity index (χ1v) is 12.4. The lowest BCUT2D eigenvalue weighted by Crippen LogP contribution is -2.30. The summed E-state index contributed by atoms with van der Waals surface area (Å²) in [7, 11) is 0. The summed E-state index contributed by atoms with van der Waals surface area (Å²) in [6.07, 6.45) is 25.5. The summed E-state index contributed by atoms with van der Waals surface area (Å²) in [5.41, 5.74) is 6.43. The van der Waals surface area contributed by atoms with Crippen molar-refractivity contribution < 1.29 is 0 Å². The zero-order valence-electron chi connectivity index (χ0n) is 21.5. The van der Waals surface area contributed by atoms with E-state index >= 15 is 0 Å². The zero-order chi connectivity index (χ0) is 22.6. The van der Waals surface area contributed by atoms with Gasteiger partial charge in [-0.3, -0.25) is 0 Å². The molecule has 0 aromatic heterocycles. The number of allylic oxidation sites excluding steroid dienone is 10. The summed E-state index contributed by atoms with van der Waals surface area (Å²) < 4.78 is 0. The second kappa shape index (κ2) is 13.9. The smallest absolute Gasteiger partial charge is 0.0144 e. The van der Waals surface area contributed by atoms with Crippen molar-refractivity contribution in [1.82, 2.24) is 0 Å². The monoisotopic (exact) mass is 410 g/mol. The molecular formula is C30H50. The van der Waals surface area contributed by atoms with Gasteiger partial charge in [0.2, 0.25) is 0 Å². The van der Waals surface area contributed by atoms with Crippen LogP contribution in [0.2, 0.25) is 0 Å². The molecule has 0 saturated heterocycles. The van der Waals surface area contributed by atoms with Crippen molar-refractivity contribution in [2.45, 2.75) is 113 Å². The lowest BCUT2D eigenvalue weighted by atomic mass is 9.66.